The van der Waals surface area contributed by atoms with Crippen LogP contribution in [0.25, 0.3) is 5.57 Å². The lowest BCUT2D eigenvalue weighted by Crippen LogP contribution is -2.66. The molecule has 0 spiro atoms. The smallest absolute Gasteiger partial charge is 0.411 e. The summed E-state index contributed by atoms with van der Waals surface area (Å²) in [5.74, 6) is -4.88. The fraction of sp³-hybridized carbons (Fsp3) is 0.452. The summed E-state index contributed by atoms with van der Waals surface area (Å²) in [4.78, 5) is 51.8. The largest absolute Gasteiger partial charge is 0.488 e. The molecule has 21 heteroatoms. The number of hydrogen-bond donors (Lipinski definition) is 2. The van der Waals surface area contributed by atoms with E-state index in [0.717, 1.165) is 11.6 Å². The van der Waals surface area contributed by atoms with E-state index in [2.05, 4.69) is 4.84 Å². The second kappa shape index (κ2) is 22.2. The Morgan fingerprint density at radius 2 is 1.56 bits per heavy atom. The number of benzene rings is 3. The zero-order valence-electron chi connectivity index (χ0n) is 34.5. The van der Waals surface area contributed by atoms with Gasteiger partial charge in [0.2, 0.25) is 9.61 Å². The normalized spacial score (nSPS) is 16.7. The van der Waals surface area contributed by atoms with Gasteiger partial charge in [0.25, 0.3) is 5.91 Å². The lowest BCUT2D eigenvalue weighted by molar-refractivity contribution is -0.493. The summed E-state index contributed by atoms with van der Waals surface area (Å²) in [6, 6.07) is 14.0. The van der Waals surface area contributed by atoms with E-state index in [4.69, 9.17) is 75.8 Å². The number of aryl methyl sites for hydroxylation is 1. The number of rotatable bonds is 18. The molecule has 2 atom stereocenters. The Balaban J connectivity index is 1.47. The first-order chi connectivity index (χ1) is 29.8. The van der Waals surface area contributed by atoms with Crippen molar-refractivity contribution in [2.45, 2.75) is 68.1 Å². The summed E-state index contributed by atoms with van der Waals surface area (Å²) in [7, 11) is 0. The number of carbonyl (C=O) groups excluding carboxylic acids is 3. The number of likely N-dealkylation sites (N-methyl/N-ethyl adjacent to an activating group) is 1. The third kappa shape index (κ3) is 12.8. The van der Waals surface area contributed by atoms with E-state index in [9.17, 15) is 22.8 Å². The molecule has 5 rings (SSSR count). The van der Waals surface area contributed by atoms with E-state index < -0.39 is 68.2 Å². The van der Waals surface area contributed by atoms with Crippen LogP contribution in [0.3, 0.4) is 0 Å². The standard InChI is InChI=1S/C42H47Cl4F3N4O10/c1-4-50(23-28-9-5-6-10-31(28)43)38(54)35-30(27-13-11-26(12-14-27)8-7-17-60-37-33(48)16-15-32(47)36(37)49)22-29-24-51(39(55)61-20-18-59-19-21-62-53(57)58)25-34(35)52(29)40(56)63-41(2,3)42(44,45)46/h5-6,9-16,29,34,57-58H,4,7-8,17-25H2,1-3H3. The fourth-order valence-corrected chi connectivity index (χ4v) is 7.37. The molecule has 2 unspecified atom stereocenters. The van der Waals surface area contributed by atoms with Crippen LogP contribution in [0, 0.1) is 17.5 Å². The Kier molecular flexibility index (Phi) is 17.6. The van der Waals surface area contributed by atoms with Crippen LogP contribution in [0.2, 0.25) is 5.02 Å². The van der Waals surface area contributed by atoms with Crippen molar-refractivity contribution in [2.24, 2.45) is 0 Å². The third-order valence-corrected chi connectivity index (χ3v) is 12.1. The summed E-state index contributed by atoms with van der Waals surface area (Å²) in [5.41, 5.74) is 1.34. The van der Waals surface area contributed by atoms with Gasteiger partial charge in [-0.15, -0.1) is 0 Å². The summed E-state index contributed by atoms with van der Waals surface area (Å²) in [6.07, 6.45) is -0.801. The summed E-state index contributed by atoms with van der Waals surface area (Å²) in [6.45, 7) is 4.22. The molecule has 1 fully saturated rings. The van der Waals surface area contributed by atoms with Crippen molar-refractivity contribution in [3.8, 4) is 5.75 Å². The van der Waals surface area contributed by atoms with Crippen LogP contribution in [-0.4, -0.2) is 123 Å². The fourth-order valence-electron chi connectivity index (χ4n) is 7.06. The number of carbonyl (C=O) groups is 3. The number of nitrogens with zero attached hydrogens (tertiary/aromatic N) is 4. The molecule has 2 aliphatic rings. The predicted molar refractivity (Wildman–Crippen MR) is 226 cm³/mol. The number of amides is 3. The topological polar surface area (TPSA) is 151 Å². The molecule has 3 aromatic carbocycles. The first kappa shape index (κ1) is 50.0. The third-order valence-electron chi connectivity index (χ3n) is 10.4. The monoisotopic (exact) mass is 964 g/mol. The number of piperazine rings is 1. The van der Waals surface area contributed by atoms with Gasteiger partial charge in [0.15, 0.2) is 23.0 Å². The highest BCUT2D eigenvalue weighted by molar-refractivity contribution is 6.68. The minimum atomic E-state index is -2.04. The first-order valence-electron chi connectivity index (χ1n) is 19.8. The molecule has 63 heavy (non-hydrogen) atoms. The molecule has 3 amide bonds. The van der Waals surface area contributed by atoms with E-state index >= 15 is 4.79 Å². The molecule has 14 nitrogen and oxygen atoms in total. The van der Waals surface area contributed by atoms with Gasteiger partial charge < -0.3 is 28.7 Å². The van der Waals surface area contributed by atoms with Gasteiger partial charge in [-0.05, 0) is 80.5 Å². The number of hydrogen-bond acceptors (Lipinski definition) is 11. The van der Waals surface area contributed by atoms with E-state index in [1.54, 1.807) is 36.1 Å². The summed E-state index contributed by atoms with van der Waals surface area (Å²) >= 11 is 25.2. The number of halogens is 7. The number of alkyl halides is 3. The molecule has 2 N–H and O–H groups in total. The zero-order valence-corrected chi connectivity index (χ0v) is 37.5. The van der Waals surface area contributed by atoms with Crippen LogP contribution in [0.1, 0.15) is 50.3 Å². The van der Waals surface area contributed by atoms with Gasteiger partial charge in [0, 0.05) is 36.8 Å². The maximum atomic E-state index is 15.1. The van der Waals surface area contributed by atoms with Crippen molar-refractivity contribution in [3.05, 3.63) is 105 Å². The van der Waals surface area contributed by atoms with Crippen molar-refractivity contribution in [3.63, 3.8) is 0 Å². The van der Waals surface area contributed by atoms with Crippen molar-refractivity contribution in [1.29, 1.82) is 0 Å². The maximum absolute atomic E-state index is 15.1. The van der Waals surface area contributed by atoms with Crippen LogP contribution < -0.4 is 4.74 Å². The molecule has 344 valence electrons. The molecule has 0 radical (unpaired) electrons. The second-order valence-electron chi connectivity index (χ2n) is 15.0. The van der Waals surface area contributed by atoms with Gasteiger partial charge in [0.1, 0.15) is 6.61 Å². The van der Waals surface area contributed by atoms with Crippen LogP contribution in [0.5, 0.6) is 5.75 Å². The highest BCUT2D eigenvalue weighted by atomic mass is 35.6. The van der Waals surface area contributed by atoms with Crippen LogP contribution >= 0.6 is 46.4 Å². The van der Waals surface area contributed by atoms with Gasteiger partial charge >= 0.3 is 12.2 Å². The highest BCUT2D eigenvalue weighted by Crippen LogP contribution is 2.44. The average Bonchev–Trinajstić information content (AvgIpc) is 3.22. The predicted octanol–water partition coefficient (Wildman–Crippen LogP) is 8.78. The Morgan fingerprint density at radius 1 is 0.873 bits per heavy atom. The molecule has 2 bridgehead atoms. The van der Waals surface area contributed by atoms with Crippen molar-refractivity contribution >= 4 is 70.1 Å². The van der Waals surface area contributed by atoms with Crippen molar-refractivity contribution < 1.29 is 61.8 Å². The minimum Gasteiger partial charge on any atom is -0.488 e. The molecule has 3 aromatic rings. The number of ether oxygens (including phenoxy) is 4. The molecule has 2 heterocycles. The molecule has 1 saturated heterocycles. The van der Waals surface area contributed by atoms with Gasteiger partial charge in [-0.1, -0.05) is 88.9 Å². The van der Waals surface area contributed by atoms with E-state index in [1.807, 2.05) is 24.3 Å². The van der Waals surface area contributed by atoms with Crippen LogP contribution in [-0.2, 0) is 36.8 Å². The maximum Gasteiger partial charge on any atom is 0.411 e. The van der Waals surface area contributed by atoms with Crippen molar-refractivity contribution in [1.82, 2.24) is 20.1 Å². The van der Waals surface area contributed by atoms with E-state index in [-0.39, 0.29) is 71.2 Å². The quantitative estimate of drug-likeness (QED) is 0.0545. The van der Waals surface area contributed by atoms with Gasteiger partial charge in [-0.25, -0.2) is 23.2 Å². The molecule has 0 aromatic heterocycles. The summed E-state index contributed by atoms with van der Waals surface area (Å²) in [5, 5.41) is 17.3. The summed E-state index contributed by atoms with van der Waals surface area (Å²) < 4.78 is 61.7. The molecule has 2 aliphatic heterocycles. The van der Waals surface area contributed by atoms with E-state index in [1.165, 1.54) is 23.6 Å². The Labute approximate surface area is 382 Å². The Hall–Kier alpha value is -4.04. The molecule has 0 aliphatic carbocycles. The molecular formula is C42H47Cl4F3N4O10. The number of fused-ring (bicyclic) bond motifs is 2. The SMILES string of the molecule is CCN(Cc1ccccc1Cl)C(=O)C1=C(c2ccc(CCCOc3c(F)ccc(F)c3F)cc2)CC2CN(C(=O)OCCOCCON(O)O)CC1N2C(=O)OC(C)(C)C(Cl)(Cl)Cl. The highest BCUT2D eigenvalue weighted by Gasteiger charge is 2.52. The average molecular weight is 967 g/mol. The van der Waals surface area contributed by atoms with Crippen LogP contribution in [0.4, 0.5) is 22.8 Å². The Bertz CT molecular complexity index is 2110. The minimum absolute atomic E-state index is 0.0389. The Morgan fingerprint density at radius 3 is 2.22 bits per heavy atom. The van der Waals surface area contributed by atoms with E-state index in [0.29, 0.717) is 40.6 Å². The molecule has 0 saturated carbocycles. The van der Waals surface area contributed by atoms with Gasteiger partial charge in [-0.2, -0.15) is 4.39 Å². The second-order valence-corrected chi connectivity index (χ2v) is 17.7. The zero-order chi connectivity index (χ0) is 46.1. The van der Waals surface area contributed by atoms with Gasteiger partial charge in [-0.3, -0.25) is 20.1 Å². The van der Waals surface area contributed by atoms with Gasteiger partial charge in [0.05, 0.1) is 43.9 Å². The van der Waals surface area contributed by atoms with Crippen LogP contribution in [0.15, 0.2) is 66.2 Å². The van der Waals surface area contributed by atoms with Crippen molar-refractivity contribution in [2.75, 3.05) is 52.7 Å². The first-order valence-corrected chi connectivity index (χ1v) is 21.3. The molecular weight excluding hydrogens is 919 g/mol. The lowest BCUT2D eigenvalue weighted by atomic mass is 9.81. The lowest BCUT2D eigenvalue weighted by Gasteiger charge is -2.51.